The Bertz CT molecular complexity index is 989. The largest absolute Gasteiger partial charge is 0.488 e. The fraction of sp³-hybridized carbons (Fsp3) is 0.636. The standard InChI is InChI=1S/C11H18ClFN3O11P3/c12-6-11(3-1-9(25-11)16-4-2-8(14)15-10(16)17)5-7(13)28(18,19)26-30(23,24)27-29(20,21)22/h2,4,7,9H,1,3,5-6H2,(H,18,19)(H,23,24)(H2,14,15,17)(H2,20,21,22)/t7-,9-,11+/m1/s1. The topological polar surface area (TPSA) is 221 Å². The van der Waals surface area contributed by atoms with E-state index in [4.69, 9.17) is 36.8 Å². The second-order valence-electron chi connectivity index (χ2n) is 6.30. The minimum Gasteiger partial charge on any atom is -0.383 e. The molecule has 0 amide bonds. The average Bonchev–Trinajstić information content (AvgIpc) is 2.95. The molecular formula is C11H18ClFN3O11P3. The Balaban J connectivity index is 2.14. The molecule has 172 valence electrons. The summed E-state index contributed by atoms with van der Waals surface area (Å²) in [6, 6.07) is 1.32. The second-order valence-corrected chi connectivity index (χ2v) is 11.5. The van der Waals surface area contributed by atoms with Crippen LogP contribution in [-0.4, -0.2) is 46.5 Å². The number of nitrogen functional groups attached to an aromatic ring is 1. The molecule has 5 atom stereocenters. The molecule has 6 N–H and O–H groups in total. The van der Waals surface area contributed by atoms with Crippen LogP contribution in [-0.2, 0) is 27.1 Å². The third-order valence-electron chi connectivity index (χ3n) is 3.96. The van der Waals surface area contributed by atoms with Gasteiger partial charge in [-0.1, -0.05) is 0 Å². The molecule has 14 nitrogen and oxygen atoms in total. The van der Waals surface area contributed by atoms with Crippen molar-refractivity contribution in [2.45, 2.75) is 37.0 Å². The monoisotopic (exact) mass is 515 g/mol. The van der Waals surface area contributed by atoms with E-state index in [1.54, 1.807) is 0 Å². The van der Waals surface area contributed by atoms with Crippen molar-refractivity contribution in [3.05, 3.63) is 22.7 Å². The predicted molar refractivity (Wildman–Crippen MR) is 99.1 cm³/mol. The van der Waals surface area contributed by atoms with Crippen molar-refractivity contribution in [3.63, 3.8) is 0 Å². The van der Waals surface area contributed by atoms with Gasteiger partial charge in [-0.25, -0.2) is 22.6 Å². The third-order valence-corrected chi connectivity index (χ3v) is 8.78. The Labute approximate surface area is 173 Å². The van der Waals surface area contributed by atoms with Gasteiger partial charge in [0.2, 0.25) is 5.91 Å². The highest BCUT2D eigenvalue weighted by atomic mass is 35.5. The van der Waals surface area contributed by atoms with E-state index in [1.807, 2.05) is 0 Å². The molecule has 0 saturated carbocycles. The number of nitrogens with zero attached hydrogens (tertiary/aromatic N) is 2. The first-order valence-corrected chi connectivity index (χ1v) is 13.1. The van der Waals surface area contributed by atoms with Crippen LogP contribution in [0.3, 0.4) is 0 Å². The lowest BCUT2D eigenvalue weighted by Gasteiger charge is -2.30. The zero-order valence-corrected chi connectivity index (χ0v) is 18.3. The molecule has 1 fully saturated rings. The molecule has 19 heteroatoms. The molecule has 0 bridgehead atoms. The van der Waals surface area contributed by atoms with Gasteiger partial charge in [0.05, 0.1) is 11.5 Å². The molecule has 2 unspecified atom stereocenters. The lowest BCUT2D eigenvalue weighted by Crippen LogP contribution is -2.36. The maximum atomic E-state index is 14.5. The molecule has 30 heavy (non-hydrogen) atoms. The smallest absolute Gasteiger partial charge is 0.383 e. The number of halogens is 2. The fourth-order valence-electron chi connectivity index (χ4n) is 2.71. The molecule has 0 aromatic carbocycles. The van der Waals surface area contributed by atoms with Crippen molar-refractivity contribution < 1.29 is 51.0 Å². The van der Waals surface area contributed by atoms with E-state index in [1.165, 1.54) is 12.3 Å². The summed E-state index contributed by atoms with van der Waals surface area (Å²) in [6.45, 7) is 0. The summed E-state index contributed by atoms with van der Waals surface area (Å²) in [5, 5.41) is 0. The Kier molecular flexibility index (Phi) is 7.71. The van der Waals surface area contributed by atoms with Gasteiger partial charge in [-0.2, -0.15) is 9.29 Å². The summed E-state index contributed by atoms with van der Waals surface area (Å²) in [7, 11) is -17.0. The second kappa shape index (κ2) is 9.05. The summed E-state index contributed by atoms with van der Waals surface area (Å²) in [5.74, 6) is -3.28. The van der Waals surface area contributed by atoms with Crippen LogP contribution in [0.1, 0.15) is 25.5 Å². The number of phosphoric acid groups is 2. The first-order chi connectivity index (χ1) is 13.6. The molecule has 1 aromatic heterocycles. The van der Waals surface area contributed by atoms with Gasteiger partial charge in [-0.15, -0.1) is 11.6 Å². The molecule has 2 heterocycles. The van der Waals surface area contributed by atoms with Crippen LogP contribution < -0.4 is 11.4 Å². The molecule has 0 spiro atoms. The molecule has 0 aliphatic carbocycles. The summed E-state index contributed by atoms with van der Waals surface area (Å²) in [5.41, 5.74) is 3.07. The zero-order chi connectivity index (χ0) is 23.0. The summed E-state index contributed by atoms with van der Waals surface area (Å²) < 4.78 is 62.4. The van der Waals surface area contributed by atoms with Gasteiger partial charge in [0.1, 0.15) is 12.0 Å². The van der Waals surface area contributed by atoms with Crippen LogP contribution in [0, 0.1) is 0 Å². The number of aromatic nitrogens is 2. The van der Waals surface area contributed by atoms with E-state index in [-0.39, 0.29) is 18.7 Å². The molecule has 1 aliphatic heterocycles. The number of ether oxygens (including phenoxy) is 1. The number of alkyl halides is 2. The Morgan fingerprint density at radius 3 is 2.53 bits per heavy atom. The van der Waals surface area contributed by atoms with E-state index in [0.717, 1.165) is 4.57 Å². The first-order valence-electron chi connectivity index (χ1n) is 7.94. The molecular weight excluding hydrogens is 498 g/mol. The highest BCUT2D eigenvalue weighted by Gasteiger charge is 2.50. The lowest BCUT2D eigenvalue weighted by atomic mass is 9.99. The SMILES string of the molecule is Nc1ccn([C@H]2CC[C@@](CCl)(C[C@H](F)P(=O)(O)OP(=O)(O)OP(=O)(O)O)O2)c(=O)n1. The number of anilines is 1. The zero-order valence-electron chi connectivity index (χ0n) is 14.9. The minimum absolute atomic E-state index is 0.0220. The van der Waals surface area contributed by atoms with Crippen molar-refractivity contribution in [1.82, 2.24) is 9.55 Å². The van der Waals surface area contributed by atoms with Crippen molar-refractivity contribution >= 4 is 40.7 Å². The minimum atomic E-state index is -5.79. The molecule has 1 aliphatic rings. The highest BCUT2D eigenvalue weighted by molar-refractivity contribution is 7.68. The number of nitrogens with two attached hydrogens (primary N) is 1. The Morgan fingerprint density at radius 1 is 1.37 bits per heavy atom. The van der Waals surface area contributed by atoms with Gasteiger partial charge in [0.25, 0.3) is 0 Å². The average molecular weight is 516 g/mol. The van der Waals surface area contributed by atoms with Crippen molar-refractivity contribution in [3.8, 4) is 0 Å². The van der Waals surface area contributed by atoms with Crippen LogP contribution in [0.25, 0.3) is 0 Å². The summed E-state index contributed by atoms with van der Waals surface area (Å²) in [4.78, 5) is 51.3. The van der Waals surface area contributed by atoms with Crippen molar-refractivity contribution in [2.24, 2.45) is 0 Å². The van der Waals surface area contributed by atoms with Crippen molar-refractivity contribution in [1.29, 1.82) is 0 Å². The van der Waals surface area contributed by atoms with Gasteiger partial charge >= 0.3 is 28.9 Å². The lowest BCUT2D eigenvalue weighted by molar-refractivity contribution is -0.0707. The quantitative estimate of drug-likeness (QED) is 0.231. The molecule has 2 rings (SSSR count). The van der Waals surface area contributed by atoms with E-state index in [0.29, 0.717) is 0 Å². The first kappa shape index (κ1) is 25.6. The maximum absolute atomic E-state index is 14.5. The Morgan fingerprint density at radius 2 is 2.00 bits per heavy atom. The predicted octanol–water partition coefficient (Wildman–Crippen LogP) is 1.21. The number of rotatable bonds is 9. The summed E-state index contributed by atoms with van der Waals surface area (Å²) >= 11 is 5.84. The van der Waals surface area contributed by atoms with Gasteiger partial charge in [-0.3, -0.25) is 9.13 Å². The van der Waals surface area contributed by atoms with E-state index in [9.17, 15) is 27.8 Å². The summed E-state index contributed by atoms with van der Waals surface area (Å²) in [6.07, 6.45) is -0.408. The molecule has 1 saturated heterocycles. The van der Waals surface area contributed by atoms with Gasteiger partial charge in [0, 0.05) is 12.6 Å². The fourth-order valence-corrected chi connectivity index (χ4v) is 6.63. The van der Waals surface area contributed by atoms with Crippen LogP contribution in [0.5, 0.6) is 0 Å². The molecule has 0 radical (unpaired) electrons. The van der Waals surface area contributed by atoms with Crippen LogP contribution >= 0.6 is 34.8 Å². The Hall–Kier alpha value is -0.690. The van der Waals surface area contributed by atoms with E-state index in [2.05, 4.69) is 13.6 Å². The van der Waals surface area contributed by atoms with E-state index >= 15 is 0 Å². The van der Waals surface area contributed by atoms with Gasteiger partial charge in [0.15, 0.2) is 0 Å². The third kappa shape index (κ3) is 6.65. The number of hydrogen-bond donors (Lipinski definition) is 5. The highest BCUT2D eigenvalue weighted by Crippen LogP contribution is 2.68. The van der Waals surface area contributed by atoms with Crippen LogP contribution in [0.4, 0.5) is 10.2 Å². The molecule has 1 aromatic rings. The van der Waals surface area contributed by atoms with Gasteiger partial charge < -0.3 is 30.0 Å². The van der Waals surface area contributed by atoms with Gasteiger partial charge in [-0.05, 0) is 18.9 Å². The van der Waals surface area contributed by atoms with Crippen LogP contribution in [0.2, 0.25) is 0 Å². The number of hydrogen-bond acceptors (Lipinski definition) is 9. The van der Waals surface area contributed by atoms with E-state index < -0.39 is 59.0 Å². The normalized spacial score (nSPS) is 27.3. The maximum Gasteiger partial charge on any atom is 0.488 e. The van der Waals surface area contributed by atoms with Crippen molar-refractivity contribution in [2.75, 3.05) is 11.6 Å². The van der Waals surface area contributed by atoms with Crippen LogP contribution in [0.15, 0.2) is 17.1 Å².